The van der Waals surface area contributed by atoms with Crippen molar-refractivity contribution in [2.75, 3.05) is 5.73 Å². The molecule has 1 heterocycles. The maximum Gasteiger partial charge on any atom is 0.0755 e. The second-order valence-electron chi connectivity index (χ2n) is 4.26. The summed E-state index contributed by atoms with van der Waals surface area (Å²) in [5, 5.41) is 1.06. The van der Waals surface area contributed by atoms with E-state index < -0.39 is 0 Å². The molecule has 0 fully saturated rings. The summed E-state index contributed by atoms with van der Waals surface area (Å²) in [4.78, 5) is 4.66. The second kappa shape index (κ2) is 3.54. The number of para-hydroxylation sites is 1. The monoisotopic (exact) mass is 200 g/mol. The molecule has 0 spiro atoms. The molecule has 0 radical (unpaired) electrons. The number of nitrogen functional groups attached to an aromatic ring is 1. The first-order valence-corrected chi connectivity index (χ1v) is 5.25. The first kappa shape index (κ1) is 9.97. The lowest BCUT2D eigenvalue weighted by Crippen LogP contribution is -1.98. The number of hydrogen-bond donors (Lipinski definition) is 1. The zero-order valence-corrected chi connectivity index (χ0v) is 9.41. The summed E-state index contributed by atoms with van der Waals surface area (Å²) in [6.45, 7) is 6.33. The van der Waals surface area contributed by atoms with Crippen LogP contribution in [0, 0.1) is 6.92 Å². The van der Waals surface area contributed by atoms with Gasteiger partial charge < -0.3 is 5.73 Å². The van der Waals surface area contributed by atoms with E-state index in [1.54, 1.807) is 0 Å². The Bertz CT molecular complexity index is 501. The summed E-state index contributed by atoms with van der Waals surface area (Å²) >= 11 is 0. The zero-order chi connectivity index (χ0) is 11.0. The van der Waals surface area contributed by atoms with Gasteiger partial charge in [0.25, 0.3) is 0 Å². The van der Waals surface area contributed by atoms with Gasteiger partial charge in [-0.05, 0) is 24.5 Å². The summed E-state index contributed by atoms with van der Waals surface area (Å²) in [6.07, 6.45) is 0. The topological polar surface area (TPSA) is 38.9 Å². The van der Waals surface area contributed by atoms with E-state index in [-0.39, 0.29) is 0 Å². The first-order chi connectivity index (χ1) is 7.09. The molecule has 0 saturated heterocycles. The molecule has 0 aliphatic carbocycles. The highest BCUT2D eigenvalue weighted by Gasteiger charge is 2.07. The van der Waals surface area contributed by atoms with Crippen molar-refractivity contribution in [3.05, 3.63) is 35.5 Å². The first-order valence-electron chi connectivity index (χ1n) is 5.25. The van der Waals surface area contributed by atoms with Gasteiger partial charge in [0, 0.05) is 16.8 Å². The summed E-state index contributed by atoms with van der Waals surface area (Å²) < 4.78 is 0. The third kappa shape index (κ3) is 1.67. The molecule has 15 heavy (non-hydrogen) atoms. The van der Waals surface area contributed by atoms with Crippen LogP contribution in [0.3, 0.4) is 0 Å². The van der Waals surface area contributed by atoms with Gasteiger partial charge in [-0.25, -0.2) is 0 Å². The number of anilines is 1. The van der Waals surface area contributed by atoms with Crippen molar-refractivity contribution in [2.24, 2.45) is 0 Å². The van der Waals surface area contributed by atoms with Crippen LogP contribution in [-0.2, 0) is 0 Å². The molecule has 78 valence electrons. The van der Waals surface area contributed by atoms with Crippen molar-refractivity contribution >= 4 is 16.6 Å². The number of aryl methyl sites for hydroxylation is 1. The van der Waals surface area contributed by atoms with Gasteiger partial charge in [0.05, 0.1) is 5.52 Å². The van der Waals surface area contributed by atoms with Crippen LogP contribution >= 0.6 is 0 Å². The van der Waals surface area contributed by atoms with Gasteiger partial charge >= 0.3 is 0 Å². The number of aromatic nitrogens is 1. The number of pyridine rings is 1. The van der Waals surface area contributed by atoms with Crippen LogP contribution in [0.2, 0.25) is 0 Å². The molecular weight excluding hydrogens is 184 g/mol. The van der Waals surface area contributed by atoms with Crippen molar-refractivity contribution in [3.63, 3.8) is 0 Å². The second-order valence-corrected chi connectivity index (χ2v) is 4.26. The third-order valence-corrected chi connectivity index (χ3v) is 2.68. The van der Waals surface area contributed by atoms with Crippen LogP contribution < -0.4 is 5.73 Å². The van der Waals surface area contributed by atoms with Gasteiger partial charge in [0.1, 0.15) is 0 Å². The molecule has 2 aromatic rings. The maximum absolute atomic E-state index is 6.02. The fraction of sp³-hybridized carbons (Fsp3) is 0.308. The summed E-state index contributed by atoms with van der Waals surface area (Å²) in [6, 6.07) is 8.09. The number of rotatable bonds is 1. The molecule has 1 aromatic carbocycles. The predicted molar refractivity (Wildman–Crippen MR) is 65.0 cm³/mol. The Labute approximate surface area is 90.1 Å². The molecule has 2 rings (SSSR count). The molecule has 2 heteroatoms. The lowest BCUT2D eigenvalue weighted by Gasteiger charge is -2.10. The fourth-order valence-corrected chi connectivity index (χ4v) is 1.73. The van der Waals surface area contributed by atoms with Crippen LogP contribution in [0.25, 0.3) is 10.9 Å². The molecule has 0 bridgehead atoms. The van der Waals surface area contributed by atoms with Gasteiger partial charge in [0.2, 0.25) is 0 Å². The number of benzene rings is 1. The van der Waals surface area contributed by atoms with Crippen molar-refractivity contribution in [1.82, 2.24) is 4.98 Å². The minimum atomic E-state index is 0.413. The Balaban J connectivity index is 2.80. The number of hydrogen-bond acceptors (Lipinski definition) is 2. The van der Waals surface area contributed by atoms with Crippen molar-refractivity contribution in [3.8, 4) is 0 Å². The third-order valence-electron chi connectivity index (χ3n) is 2.68. The van der Waals surface area contributed by atoms with E-state index in [0.29, 0.717) is 5.92 Å². The van der Waals surface area contributed by atoms with Crippen LogP contribution in [0.4, 0.5) is 5.69 Å². The van der Waals surface area contributed by atoms with Crippen molar-refractivity contribution in [1.29, 1.82) is 0 Å². The average Bonchev–Trinajstić information content (AvgIpc) is 2.19. The SMILES string of the molecule is Cc1cccc2c(N)cc(C(C)C)nc12. The Morgan fingerprint density at radius 2 is 2.00 bits per heavy atom. The van der Waals surface area contributed by atoms with Crippen molar-refractivity contribution in [2.45, 2.75) is 26.7 Å². The van der Waals surface area contributed by atoms with Crippen LogP contribution in [0.5, 0.6) is 0 Å². The summed E-state index contributed by atoms with van der Waals surface area (Å²) in [7, 11) is 0. The van der Waals surface area contributed by atoms with E-state index in [9.17, 15) is 0 Å². The quantitative estimate of drug-likeness (QED) is 0.767. The molecule has 0 aliphatic rings. The number of fused-ring (bicyclic) bond motifs is 1. The van der Waals surface area contributed by atoms with Crippen molar-refractivity contribution < 1.29 is 0 Å². The van der Waals surface area contributed by atoms with E-state index >= 15 is 0 Å². The Morgan fingerprint density at radius 3 is 2.67 bits per heavy atom. The smallest absolute Gasteiger partial charge is 0.0755 e. The Kier molecular flexibility index (Phi) is 2.35. The van der Waals surface area contributed by atoms with E-state index in [4.69, 9.17) is 5.73 Å². The number of nitrogens with zero attached hydrogens (tertiary/aromatic N) is 1. The fourth-order valence-electron chi connectivity index (χ4n) is 1.73. The van der Waals surface area contributed by atoms with Gasteiger partial charge in [-0.2, -0.15) is 0 Å². The molecule has 1 aromatic heterocycles. The van der Waals surface area contributed by atoms with Gasteiger partial charge in [-0.15, -0.1) is 0 Å². The minimum Gasteiger partial charge on any atom is -0.398 e. The molecule has 0 atom stereocenters. The highest BCUT2D eigenvalue weighted by Crippen LogP contribution is 2.25. The van der Waals surface area contributed by atoms with Gasteiger partial charge in [0.15, 0.2) is 0 Å². The highest BCUT2D eigenvalue weighted by molar-refractivity contribution is 5.92. The standard InChI is InChI=1S/C13H16N2/c1-8(2)12-7-11(14)10-6-4-5-9(3)13(10)15-12/h4-8H,1-3H3,(H2,14,15). The van der Waals surface area contributed by atoms with E-state index in [1.165, 1.54) is 5.56 Å². The van der Waals surface area contributed by atoms with Gasteiger partial charge in [-0.1, -0.05) is 32.0 Å². The van der Waals surface area contributed by atoms with Crippen LogP contribution in [0.15, 0.2) is 24.3 Å². The zero-order valence-electron chi connectivity index (χ0n) is 9.41. The number of nitrogens with two attached hydrogens (primary N) is 1. The molecule has 0 amide bonds. The molecule has 0 saturated carbocycles. The largest absolute Gasteiger partial charge is 0.398 e. The molecule has 2 N–H and O–H groups in total. The normalized spacial score (nSPS) is 11.2. The summed E-state index contributed by atoms with van der Waals surface area (Å²) in [5.41, 5.74) is 10.1. The van der Waals surface area contributed by atoms with Gasteiger partial charge in [-0.3, -0.25) is 4.98 Å². The lowest BCUT2D eigenvalue weighted by atomic mass is 10.0. The van der Waals surface area contributed by atoms with E-state index in [0.717, 1.165) is 22.3 Å². The lowest BCUT2D eigenvalue weighted by molar-refractivity contribution is 0.830. The minimum absolute atomic E-state index is 0.413. The average molecular weight is 200 g/mol. The highest BCUT2D eigenvalue weighted by atomic mass is 14.7. The molecular formula is C13H16N2. The Hall–Kier alpha value is -1.57. The molecule has 0 unspecified atom stereocenters. The predicted octanol–water partition coefficient (Wildman–Crippen LogP) is 3.25. The summed E-state index contributed by atoms with van der Waals surface area (Å²) in [5.74, 6) is 0.413. The van der Waals surface area contributed by atoms with E-state index in [2.05, 4.69) is 31.8 Å². The van der Waals surface area contributed by atoms with Crippen LogP contribution in [-0.4, -0.2) is 4.98 Å². The molecule has 0 aliphatic heterocycles. The molecule has 2 nitrogen and oxygen atoms in total. The van der Waals surface area contributed by atoms with E-state index in [1.807, 2.05) is 18.2 Å². The Morgan fingerprint density at radius 1 is 1.27 bits per heavy atom. The maximum atomic E-state index is 6.02. The van der Waals surface area contributed by atoms with Crippen LogP contribution in [0.1, 0.15) is 31.0 Å².